The fourth-order valence-electron chi connectivity index (χ4n) is 2.55. The summed E-state index contributed by atoms with van der Waals surface area (Å²) >= 11 is 3.40. The van der Waals surface area contributed by atoms with Gasteiger partial charge in [-0.3, -0.25) is 4.57 Å². The standard InChI is InChI=1S/C12H15BrN4O/c1-7-6-18-3-2-10(7)17-11-9(16-12(17)14)4-8(13)5-15-11/h4-5,7,10H,2-3,6H2,1H3,(H2,14,16). The number of hydrogen-bond acceptors (Lipinski definition) is 4. The minimum atomic E-state index is 0.317. The van der Waals surface area contributed by atoms with E-state index in [0.29, 0.717) is 17.9 Å². The van der Waals surface area contributed by atoms with E-state index in [4.69, 9.17) is 10.5 Å². The SMILES string of the molecule is CC1COCCC1n1c(N)nc2cc(Br)cnc21. The largest absolute Gasteiger partial charge is 0.381 e. The molecule has 0 radical (unpaired) electrons. The minimum Gasteiger partial charge on any atom is -0.381 e. The van der Waals surface area contributed by atoms with Gasteiger partial charge in [0.05, 0.1) is 6.61 Å². The normalized spacial score (nSPS) is 24.6. The van der Waals surface area contributed by atoms with Crippen LogP contribution in [0.3, 0.4) is 0 Å². The van der Waals surface area contributed by atoms with E-state index in [1.165, 1.54) is 0 Å². The van der Waals surface area contributed by atoms with Crippen molar-refractivity contribution in [3.05, 3.63) is 16.7 Å². The lowest BCUT2D eigenvalue weighted by Gasteiger charge is -2.30. The third-order valence-electron chi connectivity index (χ3n) is 3.45. The van der Waals surface area contributed by atoms with Crippen molar-refractivity contribution in [1.82, 2.24) is 14.5 Å². The van der Waals surface area contributed by atoms with Gasteiger partial charge in [-0.05, 0) is 28.4 Å². The zero-order chi connectivity index (χ0) is 12.7. The molecule has 1 saturated heterocycles. The maximum absolute atomic E-state index is 6.05. The minimum absolute atomic E-state index is 0.317. The number of nitrogen functional groups attached to an aromatic ring is 1. The predicted octanol–water partition coefficient (Wildman–Crippen LogP) is 2.37. The number of nitrogens with zero attached hydrogens (tertiary/aromatic N) is 3. The van der Waals surface area contributed by atoms with Crippen LogP contribution in [0.25, 0.3) is 11.2 Å². The summed E-state index contributed by atoms with van der Waals surface area (Å²) in [5.74, 6) is 0.957. The summed E-state index contributed by atoms with van der Waals surface area (Å²) in [7, 11) is 0. The Balaban J connectivity index is 2.12. The lowest BCUT2D eigenvalue weighted by atomic mass is 9.97. The first-order valence-corrected chi connectivity index (χ1v) is 6.83. The molecule has 0 amide bonds. The molecule has 96 valence electrons. The molecule has 1 fully saturated rings. The van der Waals surface area contributed by atoms with Gasteiger partial charge in [0.25, 0.3) is 0 Å². The molecule has 2 N–H and O–H groups in total. The van der Waals surface area contributed by atoms with Crippen LogP contribution in [-0.4, -0.2) is 27.7 Å². The highest BCUT2D eigenvalue weighted by atomic mass is 79.9. The fourth-order valence-corrected chi connectivity index (χ4v) is 2.87. The highest BCUT2D eigenvalue weighted by Gasteiger charge is 2.27. The second kappa shape index (κ2) is 4.51. The van der Waals surface area contributed by atoms with E-state index in [9.17, 15) is 0 Å². The molecule has 0 spiro atoms. The van der Waals surface area contributed by atoms with E-state index >= 15 is 0 Å². The quantitative estimate of drug-likeness (QED) is 0.878. The van der Waals surface area contributed by atoms with Crippen molar-refractivity contribution in [2.75, 3.05) is 18.9 Å². The number of hydrogen-bond donors (Lipinski definition) is 1. The van der Waals surface area contributed by atoms with Gasteiger partial charge in [0.1, 0.15) is 5.52 Å². The van der Waals surface area contributed by atoms with Crippen LogP contribution in [0, 0.1) is 5.92 Å². The van der Waals surface area contributed by atoms with Crippen molar-refractivity contribution in [3.8, 4) is 0 Å². The second-order valence-corrected chi connectivity index (χ2v) is 5.66. The lowest BCUT2D eigenvalue weighted by molar-refractivity contribution is 0.0302. The molecule has 2 unspecified atom stereocenters. The number of fused-ring (bicyclic) bond motifs is 1. The number of pyridine rings is 1. The van der Waals surface area contributed by atoms with Crippen LogP contribution < -0.4 is 5.73 Å². The monoisotopic (exact) mass is 310 g/mol. The Morgan fingerprint density at radius 1 is 1.56 bits per heavy atom. The molecular weight excluding hydrogens is 296 g/mol. The molecule has 6 heteroatoms. The molecule has 3 heterocycles. The van der Waals surface area contributed by atoms with E-state index in [1.807, 2.05) is 6.07 Å². The zero-order valence-electron chi connectivity index (χ0n) is 10.1. The second-order valence-electron chi connectivity index (χ2n) is 4.74. The van der Waals surface area contributed by atoms with Crippen molar-refractivity contribution in [3.63, 3.8) is 0 Å². The summed E-state index contributed by atoms with van der Waals surface area (Å²) in [6, 6.07) is 2.26. The van der Waals surface area contributed by atoms with Crippen LogP contribution in [0.2, 0.25) is 0 Å². The van der Waals surface area contributed by atoms with Crippen molar-refractivity contribution in [2.24, 2.45) is 5.92 Å². The summed E-state index contributed by atoms with van der Waals surface area (Å²) < 4.78 is 8.45. The van der Waals surface area contributed by atoms with Gasteiger partial charge in [0.15, 0.2) is 5.65 Å². The Hall–Kier alpha value is -1.14. The average molecular weight is 311 g/mol. The van der Waals surface area contributed by atoms with E-state index in [0.717, 1.165) is 35.3 Å². The Morgan fingerprint density at radius 2 is 2.39 bits per heavy atom. The van der Waals surface area contributed by atoms with Crippen molar-refractivity contribution < 1.29 is 4.74 Å². The number of nitrogens with two attached hydrogens (primary N) is 1. The molecule has 5 nitrogen and oxygen atoms in total. The number of rotatable bonds is 1. The number of ether oxygens (including phenoxy) is 1. The molecule has 3 rings (SSSR count). The number of aromatic nitrogens is 3. The summed E-state index contributed by atoms with van der Waals surface area (Å²) in [6.07, 6.45) is 2.73. The molecule has 0 bridgehead atoms. The molecule has 0 aromatic carbocycles. The van der Waals surface area contributed by atoms with Crippen LogP contribution >= 0.6 is 15.9 Å². The summed E-state index contributed by atoms with van der Waals surface area (Å²) in [6.45, 7) is 3.71. The predicted molar refractivity (Wildman–Crippen MR) is 73.3 cm³/mol. The van der Waals surface area contributed by atoms with Crippen molar-refractivity contribution >= 4 is 33.0 Å². The third-order valence-corrected chi connectivity index (χ3v) is 3.88. The maximum atomic E-state index is 6.05. The van der Waals surface area contributed by atoms with Gasteiger partial charge in [0, 0.05) is 29.2 Å². The average Bonchev–Trinajstić information content (AvgIpc) is 2.65. The highest BCUT2D eigenvalue weighted by molar-refractivity contribution is 9.10. The maximum Gasteiger partial charge on any atom is 0.202 e. The Labute approximate surface area is 113 Å². The molecule has 2 atom stereocenters. The third kappa shape index (κ3) is 1.89. The molecule has 18 heavy (non-hydrogen) atoms. The molecule has 2 aromatic heterocycles. The van der Waals surface area contributed by atoms with Gasteiger partial charge < -0.3 is 10.5 Å². The van der Waals surface area contributed by atoms with Crippen molar-refractivity contribution in [1.29, 1.82) is 0 Å². The highest BCUT2D eigenvalue weighted by Crippen LogP contribution is 2.32. The summed E-state index contributed by atoms with van der Waals surface area (Å²) in [4.78, 5) is 8.83. The smallest absolute Gasteiger partial charge is 0.202 e. The zero-order valence-corrected chi connectivity index (χ0v) is 11.7. The van der Waals surface area contributed by atoms with Gasteiger partial charge in [-0.2, -0.15) is 0 Å². The Bertz CT molecular complexity index is 583. The number of halogens is 1. The van der Waals surface area contributed by atoms with Gasteiger partial charge in [-0.1, -0.05) is 6.92 Å². The van der Waals surface area contributed by atoms with E-state index in [-0.39, 0.29) is 0 Å². The van der Waals surface area contributed by atoms with Gasteiger partial charge >= 0.3 is 0 Å². The van der Waals surface area contributed by atoms with Crippen LogP contribution in [-0.2, 0) is 4.74 Å². The van der Waals surface area contributed by atoms with Crippen LogP contribution in [0.4, 0.5) is 5.95 Å². The molecule has 1 aliphatic rings. The van der Waals surface area contributed by atoms with Gasteiger partial charge in [0.2, 0.25) is 5.95 Å². The number of imidazole rings is 1. The van der Waals surface area contributed by atoms with E-state index in [1.54, 1.807) is 6.20 Å². The summed E-state index contributed by atoms with van der Waals surface area (Å²) in [5.41, 5.74) is 7.74. The van der Waals surface area contributed by atoms with Crippen LogP contribution in [0.5, 0.6) is 0 Å². The topological polar surface area (TPSA) is 66.0 Å². The molecule has 1 aliphatic heterocycles. The molecular formula is C12H15BrN4O. The van der Waals surface area contributed by atoms with Crippen molar-refractivity contribution in [2.45, 2.75) is 19.4 Å². The van der Waals surface area contributed by atoms with Crippen LogP contribution in [0.15, 0.2) is 16.7 Å². The molecule has 2 aromatic rings. The van der Waals surface area contributed by atoms with Gasteiger partial charge in [-0.25, -0.2) is 9.97 Å². The van der Waals surface area contributed by atoms with E-state index in [2.05, 4.69) is 37.4 Å². The number of anilines is 1. The summed E-state index contributed by atoms with van der Waals surface area (Å²) in [5, 5.41) is 0. The molecule has 0 aliphatic carbocycles. The van der Waals surface area contributed by atoms with E-state index < -0.39 is 0 Å². The Kier molecular flexibility index (Phi) is 2.99. The molecule has 0 saturated carbocycles. The lowest BCUT2D eigenvalue weighted by Crippen LogP contribution is -2.28. The first-order chi connectivity index (χ1) is 8.66. The Morgan fingerprint density at radius 3 is 3.17 bits per heavy atom. The fraction of sp³-hybridized carbons (Fsp3) is 0.500. The van der Waals surface area contributed by atoms with Crippen LogP contribution in [0.1, 0.15) is 19.4 Å². The first-order valence-electron chi connectivity index (χ1n) is 6.03. The van der Waals surface area contributed by atoms with Gasteiger partial charge in [-0.15, -0.1) is 0 Å². The first kappa shape index (κ1) is 11.9.